The summed E-state index contributed by atoms with van der Waals surface area (Å²) in [6, 6.07) is 14.9. The van der Waals surface area contributed by atoms with Gasteiger partial charge in [-0.1, -0.05) is 26.0 Å². The van der Waals surface area contributed by atoms with E-state index in [0.29, 0.717) is 17.2 Å². The summed E-state index contributed by atoms with van der Waals surface area (Å²) in [5.41, 5.74) is 3.09. The molecule has 7 heteroatoms. The minimum absolute atomic E-state index is 0.0547. The van der Waals surface area contributed by atoms with Gasteiger partial charge in [0.2, 0.25) is 11.9 Å². The van der Waals surface area contributed by atoms with Crippen LogP contribution in [0.3, 0.4) is 0 Å². The second kappa shape index (κ2) is 9.31. The number of rotatable bonds is 9. The molecule has 0 unspecified atom stereocenters. The van der Waals surface area contributed by atoms with E-state index in [2.05, 4.69) is 38.9 Å². The van der Waals surface area contributed by atoms with Gasteiger partial charge in [-0.2, -0.15) is 0 Å². The first-order valence-corrected chi connectivity index (χ1v) is 11.0. The minimum Gasteiger partial charge on any atom is -0.326 e. The maximum atomic E-state index is 12.9. The Morgan fingerprint density at radius 1 is 1.03 bits per heavy atom. The number of nitrogens with zero attached hydrogens (tertiary/aromatic N) is 3. The number of carbonyl (C=O) groups excluding carboxylic acids is 2. The number of likely N-dealkylation sites (N-methyl/N-ethyl adjacent to an activating group) is 1. The highest BCUT2D eigenvalue weighted by Gasteiger charge is 2.29. The number of hydrogen-bond donors (Lipinski definition) is 2. The van der Waals surface area contributed by atoms with E-state index < -0.39 is 0 Å². The van der Waals surface area contributed by atoms with Gasteiger partial charge in [0.1, 0.15) is 0 Å². The van der Waals surface area contributed by atoms with Gasteiger partial charge in [0.25, 0.3) is 5.91 Å². The summed E-state index contributed by atoms with van der Waals surface area (Å²) < 4.78 is 2.07. The third-order valence-corrected chi connectivity index (χ3v) is 5.78. The monoisotopic (exact) mass is 419 g/mol. The van der Waals surface area contributed by atoms with Crippen LogP contribution in [0.4, 0.5) is 11.6 Å². The van der Waals surface area contributed by atoms with Crippen LogP contribution in [0.5, 0.6) is 0 Å². The van der Waals surface area contributed by atoms with Crippen molar-refractivity contribution < 1.29 is 9.59 Å². The average Bonchev–Trinajstić information content (AvgIpc) is 3.58. The van der Waals surface area contributed by atoms with E-state index in [1.165, 1.54) is 0 Å². The van der Waals surface area contributed by atoms with Gasteiger partial charge in [0, 0.05) is 30.3 Å². The molecular formula is C24H29N5O2. The van der Waals surface area contributed by atoms with Crippen molar-refractivity contribution in [2.45, 2.75) is 33.2 Å². The number of amides is 2. The molecule has 0 radical (unpaired) electrons. The second-order valence-corrected chi connectivity index (χ2v) is 7.90. The molecule has 1 aliphatic carbocycles. The van der Waals surface area contributed by atoms with Gasteiger partial charge in [0.05, 0.1) is 11.0 Å². The van der Waals surface area contributed by atoms with Crippen molar-refractivity contribution in [1.29, 1.82) is 0 Å². The van der Waals surface area contributed by atoms with Gasteiger partial charge in [-0.15, -0.1) is 0 Å². The van der Waals surface area contributed by atoms with Crippen LogP contribution >= 0.6 is 0 Å². The number of nitrogens with one attached hydrogen (secondary N) is 2. The number of hydrogen-bond acceptors (Lipinski definition) is 4. The van der Waals surface area contributed by atoms with E-state index in [9.17, 15) is 9.59 Å². The Morgan fingerprint density at radius 3 is 2.42 bits per heavy atom. The van der Waals surface area contributed by atoms with Crippen molar-refractivity contribution in [3.63, 3.8) is 0 Å². The topological polar surface area (TPSA) is 79.3 Å². The fourth-order valence-corrected chi connectivity index (χ4v) is 3.65. The average molecular weight is 420 g/mol. The second-order valence-electron chi connectivity index (χ2n) is 7.90. The third-order valence-electron chi connectivity index (χ3n) is 5.78. The van der Waals surface area contributed by atoms with Gasteiger partial charge in [0.15, 0.2) is 0 Å². The van der Waals surface area contributed by atoms with Gasteiger partial charge in [-0.25, -0.2) is 4.98 Å². The number of para-hydroxylation sites is 2. The first-order valence-electron chi connectivity index (χ1n) is 11.0. The maximum absolute atomic E-state index is 12.9. The van der Waals surface area contributed by atoms with E-state index in [1.807, 2.05) is 24.3 Å². The summed E-state index contributed by atoms with van der Waals surface area (Å²) in [5.74, 6) is 0.523. The lowest BCUT2D eigenvalue weighted by molar-refractivity contribution is -0.117. The first-order chi connectivity index (χ1) is 15.1. The van der Waals surface area contributed by atoms with Crippen LogP contribution in [0, 0.1) is 5.92 Å². The fraction of sp³-hybridized carbons (Fsp3) is 0.375. The minimum atomic E-state index is -0.223. The number of anilines is 2. The van der Waals surface area contributed by atoms with Crippen LogP contribution in [-0.2, 0) is 11.3 Å². The molecule has 2 N–H and O–H groups in total. The van der Waals surface area contributed by atoms with Crippen LogP contribution in [0.2, 0.25) is 0 Å². The molecule has 4 rings (SSSR count). The largest absolute Gasteiger partial charge is 0.326 e. The zero-order valence-corrected chi connectivity index (χ0v) is 18.1. The van der Waals surface area contributed by atoms with E-state index in [0.717, 1.165) is 50.1 Å². The molecule has 1 aliphatic rings. The Hall–Kier alpha value is -3.19. The first kappa shape index (κ1) is 21.1. The summed E-state index contributed by atoms with van der Waals surface area (Å²) in [6.07, 6.45) is 1.92. The van der Waals surface area contributed by atoms with E-state index in [1.54, 1.807) is 24.3 Å². The molecular weight excluding hydrogens is 390 g/mol. The Morgan fingerprint density at radius 2 is 1.74 bits per heavy atom. The number of carbonyl (C=O) groups is 2. The molecule has 7 nitrogen and oxygen atoms in total. The highest BCUT2D eigenvalue weighted by Crippen LogP contribution is 2.30. The van der Waals surface area contributed by atoms with E-state index in [4.69, 9.17) is 0 Å². The van der Waals surface area contributed by atoms with Crippen LogP contribution in [0.1, 0.15) is 37.0 Å². The quantitative estimate of drug-likeness (QED) is 0.550. The lowest BCUT2D eigenvalue weighted by Gasteiger charge is -2.19. The number of imidazole rings is 1. The molecule has 0 aliphatic heterocycles. The molecule has 2 aromatic carbocycles. The smallest absolute Gasteiger partial charge is 0.257 e. The van der Waals surface area contributed by atoms with Gasteiger partial charge in [-0.05, 0) is 62.3 Å². The molecule has 162 valence electrons. The van der Waals surface area contributed by atoms with Gasteiger partial charge >= 0.3 is 0 Å². The van der Waals surface area contributed by atoms with Crippen molar-refractivity contribution in [1.82, 2.24) is 14.5 Å². The van der Waals surface area contributed by atoms with Crippen molar-refractivity contribution >= 4 is 34.5 Å². The maximum Gasteiger partial charge on any atom is 0.257 e. The molecule has 31 heavy (non-hydrogen) atoms. The summed E-state index contributed by atoms with van der Waals surface area (Å²) >= 11 is 0. The molecule has 0 saturated heterocycles. The van der Waals surface area contributed by atoms with E-state index >= 15 is 0 Å². The number of aromatic nitrogens is 2. The van der Waals surface area contributed by atoms with Crippen LogP contribution in [0.15, 0.2) is 48.5 Å². The molecule has 1 saturated carbocycles. The lowest BCUT2D eigenvalue weighted by atomic mass is 10.2. The molecule has 1 aromatic heterocycles. The summed E-state index contributed by atoms with van der Waals surface area (Å²) in [7, 11) is 0. The zero-order chi connectivity index (χ0) is 21.8. The molecule has 1 fully saturated rings. The lowest BCUT2D eigenvalue weighted by Crippen LogP contribution is -2.27. The zero-order valence-electron chi connectivity index (χ0n) is 18.1. The Bertz CT molecular complexity index is 1070. The van der Waals surface area contributed by atoms with Gasteiger partial charge in [-0.3, -0.25) is 14.9 Å². The van der Waals surface area contributed by atoms with Crippen LogP contribution in [0.25, 0.3) is 11.0 Å². The fourth-order valence-electron chi connectivity index (χ4n) is 3.65. The molecule has 0 atom stereocenters. The van der Waals surface area contributed by atoms with Crippen molar-refractivity contribution in [3.8, 4) is 0 Å². The Kier molecular flexibility index (Phi) is 6.32. The molecule has 3 aromatic rings. The number of benzene rings is 2. The SMILES string of the molecule is CCN(CC)CCn1c(NC(=O)c2ccc(NC(=O)C3CC3)cc2)nc2ccccc21. The molecule has 2 amide bonds. The van der Waals surface area contributed by atoms with Crippen molar-refractivity contribution in [2.24, 2.45) is 5.92 Å². The Balaban J connectivity index is 1.49. The Labute approximate surface area is 182 Å². The standard InChI is InChI=1S/C24H29N5O2/c1-3-28(4-2)15-16-29-21-8-6-5-7-20(21)26-24(29)27-23(31)18-11-13-19(14-12-18)25-22(30)17-9-10-17/h5-8,11-14,17H,3-4,9-10,15-16H2,1-2H3,(H,25,30)(H,26,27,31). The van der Waals surface area contributed by atoms with Gasteiger partial charge < -0.3 is 14.8 Å². The molecule has 1 heterocycles. The van der Waals surface area contributed by atoms with E-state index in [-0.39, 0.29) is 17.7 Å². The predicted octanol–water partition coefficient (Wildman–Crippen LogP) is 3.98. The van der Waals surface area contributed by atoms with Crippen LogP contribution < -0.4 is 10.6 Å². The highest BCUT2D eigenvalue weighted by atomic mass is 16.2. The normalized spacial score (nSPS) is 13.5. The third kappa shape index (κ3) is 4.94. The summed E-state index contributed by atoms with van der Waals surface area (Å²) in [4.78, 5) is 31.8. The number of fused-ring (bicyclic) bond motifs is 1. The predicted molar refractivity (Wildman–Crippen MR) is 123 cm³/mol. The van der Waals surface area contributed by atoms with Crippen molar-refractivity contribution in [2.75, 3.05) is 30.3 Å². The summed E-state index contributed by atoms with van der Waals surface area (Å²) in [6.45, 7) is 7.88. The van der Waals surface area contributed by atoms with Crippen molar-refractivity contribution in [3.05, 3.63) is 54.1 Å². The highest BCUT2D eigenvalue weighted by molar-refractivity contribution is 6.04. The summed E-state index contributed by atoms with van der Waals surface area (Å²) in [5, 5.41) is 5.86. The van der Waals surface area contributed by atoms with Crippen LogP contribution in [-0.4, -0.2) is 45.9 Å². The molecule has 0 bridgehead atoms. The molecule has 0 spiro atoms.